The molecule has 142 valence electrons. The van der Waals surface area contributed by atoms with Crippen LogP contribution in [-0.4, -0.2) is 25.5 Å². The number of ether oxygens (including phenoxy) is 2. The molecule has 24 heavy (non-hydrogen) atoms. The quantitative estimate of drug-likeness (QED) is 0.197. The molecule has 0 N–H and O–H groups in total. The molecule has 0 aliphatic carbocycles. The van der Waals surface area contributed by atoms with Gasteiger partial charge in [-0.1, -0.05) is 53.4 Å². The van der Waals surface area contributed by atoms with Crippen molar-refractivity contribution in [1.29, 1.82) is 0 Å². The van der Waals surface area contributed by atoms with Crippen molar-refractivity contribution < 1.29 is 28.8 Å². The Morgan fingerprint density at radius 2 is 1.08 bits per heavy atom. The van der Waals surface area contributed by atoms with Gasteiger partial charge in [-0.15, -0.1) is 0 Å². The number of unbranched alkanes of at least 4 members (excludes halogenated alkanes) is 2. The van der Waals surface area contributed by atoms with Crippen LogP contribution < -0.4 is 0 Å². The first kappa shape index (κ1) is 22.5. The second-order valence-corrected chi connectivity index (χ2v) is 6.38. The van der Waals surface area contributed by atoms with Crippen molar-refractivity contribution in [2.45, 2.75) is 79.1 Å². The predicted octanol–water partition coefficient (Wildman–Crippen LogP) is 5.64. The zero-order chi connectivity index (χ0) is 18.2. The van der Waals surface area contributed by atoms with Crippen LogP contribution in [0.25, 0.3) is 0 Å². The number of rotatable bonds is 12. The highest BCUT2D eigenvalue weighted by Crippen LogP contribution is 2.11. The van der Waals surface area contributed by atoms with Crippen LogP contribution in [0.5, 0.6) is 0 Å². The van der Waals surface area contributed by atoms with Crippen molar-refractivity contribution in [3.8, 4) is 0 Å². The molecule has 0 rings (SSSR count). The molecule has 0 saturated heterocycles. The van der Waals surface area contributed by atoms with Gasteiger partial charge in [0.25, 0.3) is 0 Å². The highest BCUT2D eigenvalue weighted by atomic mass is 17.3. The summed E-state index contributed by atoms with van der Waals surface area (Å²) in [5.74, 6) is 1.36. The third-order valence-corrected chi connectivity index (χ3v) is 4.19. The maximum Gasteiger partial charge on any atom is 0.549 e. The first-order valence-corrected chi connectivity index (χ1v) is 9.17. The van der Waals surface area contributed by atoms with Crippen LogP contribution in [0.3, 0.4) is 0 Å². The maximum absolute atomic E-state index is 11.2. The lowest BCUT2D eigenvalue weighted by Crippen LogP contribution is -2.15. The molecule has 0 saturated carbocycles. The van der Waals surface area contributed by atoms with Gasteiger partial charge >= 0.3 is 12.3 Å². The van der Waals surface area contributed by atoms with Crippen LogP contribution in [0.2, 0.25) is 0 Å². The molecule has 0 aliphatic rings. The topological polar surface area (TPSA) is 71.1 Å². The molecule has 0 heterocycles. The van der Waals surface area contributed by atoms with Crippen LogP contribution in [0.1, 0.15) is 79.1 Å². The Labute approximate surface area is 146 Å². The van der Waals surface area contributed by atoms with Crippen LogP contribution in [0.4, 0.5) is 9.59 Å². The Morgan fingerprint density at radius 3 is 1.42 bits per heavy atom. The van der Waals surface area contributed by atoms with Gasteiger partial charge in [0, 0.05) is 0 Å². The lowest BCUT2D eigenvalue weighted by molar-refractivity contribution is -0.217. The van der Waals surface area contributed by atoms with Crippen molar-refractivity contribution in [2.24, 2.45) is 11.8 Å². The SMILES string of the molecule is CCC(C)CCCCOC(=O)OOC(=O)OCCCCC(C)CC. The molecular weight excluding hydrogens is 312 g/mol. The smallest absolute Gasteiger partial charge is 0.432 e. The van der Waals surface area contributed by atoms with Gasteiger partial charge in [0.1, 0.15) is 0 Å². The first-order valence-electron chi connectivity index (χ1n) is 9.17. The monoisotopic (exact) mass is 346 g/mol. The van der Waals surface area contributed by atoms with Crippen LogP contribution in [0.15, 0.2) is 0 Å². The molecule has 0 amide bonds. The Balaban J connectivity index is 3.46. The summed E-state index contributed by atoms with van der Waals surface area (Å²) in [4.78, 5) is 30.9. The minimum atomic E-state index is -1.02. The standard InChI is InChI=1S/C18H34O6/c1-5-15(3)11-7-9-13-21-17(19)23-24-18(20)22-14-10-8-12-16(4)6-2/h15-16H,5-14H2,1-4H3. The largest absolute Gasteiger partial charge is 0.549 e. The van der Waals surface area contributed by atoms with Gasteiger partial charge in [-0.3, -0.25) is 0 Å². The Hall–Kier alpha value is -1.46. The second-order valence-electron chi connectivity index (χ2n) is 6.38. The normalized spacial score (nSPS) is 13.0. The summed E-state index contributed by atoms with van der Waals surface area (Å²) in [6.07, 6.45) is 5.97. The van der Waals surface area contributed by atoms with E-state index in [0.29, 0.717) is 11.8 Å². The molecule has 2 atom stereocenters. The molecular formula is C18H34O6. The van der Waals surface area contributed by atoms with E-state index in [2.05, 4.69) is 37.5 Å². The fourth-order valence-corrected chi connectivity index (χ4v) is 2.03. The molecule has 0 fully saturated rings. The summed E-state index contributed by atoms with van der Waals surface area (Å²) in [6, 6.07) is 0. The average Bonchev–Trinajstić information content (AvgIpc) is 2.58. The fourth-order valence-electron chi connectivity index (χ4n) is 2.03. The van der Waals surface area contributed by atoms with E-state index in [1.54, 1.807) is 0 Å². The summed E-state index contributed by atoms with van der Waals surface area (Å²) in [5, 5.41) is 0. The number of hydrogen-bond acceptors (Lipinski definition) is 6. The van der Waals surface area contributed by atoms with E-state index in [1.807, 2.05) is 0 Å². The van der Waals surface area contributed by atoms with E-state index >= 15 is 0 Å². The summed E-state index contributed by atoms with van der Waals surface area (Å²) in [6.45, 7) is 9.20. The number of carbonyl (C=O) groups excluding carboxylic acids is 2. The van der Waals surface area contributed by atoms with E-state index < -0.39 is 12.3 Å². The van der Waals surface area contributed by atoms with Crippen molar-refractivity contribution in [3.05, 3.63) is 0 Å². The van der Waals surface area contributed by atoms with Gasteiger partial charge in [0.05, 0.1) is 13.2 Å². The van der Waals surface area contributed by atoms with E-state index in [4.69, 9.17) is 9.47 Å². The second kappa shape index (κ2) is 15.1. The van der Waals surface area contributed by atoms with Crippen molar-refractivity contribution in [1.82, 2.24) is 0 Å². The molecule has 0 aromatic carbocycles. The summed E-state index contributed by atoms with van der Waals surface area (Å²) in [7, 11) is 0. The summed E-state index contributed by atoms with van der Waals surface area (Å²) < 4.78 is 9.59. The molecule has 0 aromatic heterocycles. The summed E-state index contributed by atoms with van der Waals surface area (Å²) in [5.41, 5.74) is 0. The molecule has 6 heteroatoms. The highest BCUT2D eigenvalue weighted by Gasteiger charge is 2.12. The molecule has 0 spiro atoms. The molecule has 0 aromatic rings. The Kier molecular flexibility index (Phi) is 14.2. The van der Waals surface area contributed by atoms with Gasteiger partial charge in [0.2, 0.25) is 0 Å². The minimum Gasteiger partial charge on any atom is -0.432 e. The zero-order valence-corrected chi connectivity index (χ0v) is 15.7. The van der Waals surface area contributed by atoms with Gasteiger partial charge in [-0.25, -0.2) is 0 Å². The third-order valence-electron chi connectivity index (χ3n) is 4.19. The minimum absolute atomic E-state index is 0.253. The van der Waals surface area contributed by atoms with E-state index in [1.165, 1.54) is 0 Å². The lowest BCUT2D eigenvalue weighted by Gasteiger charge is -2.08. The van der Waals surface area contributed by atoms with Crippen LogP contribution in [0, 0.1) is 11.8 Å². The maximum atomic E-state index is 11.2. The molecule has 0 radical (unpaired) electrons. The van der Waals surface area contributed by atoms with Gasteiger partial charge in [-0.2, -0.15) is 19.4 Å². The van der Waals surface area contributed by atoms with E-state index in [0.717, 1.165) is 51.4 Å². The highest BCUT2D eigenvalue weighted by molar-refractivity contribution is 5.63. The van der Waals surface area contributed by atoms with Crippen molar-refractivity contribution in [3.63, 3.8) is 0 Å². The summed E-state index contributed by atoms with van der Waals surface area (Å²) >= 11 is 0. The zero-order valence-electron chi connectivity index (χ0n) is 15.7. The van der Waals surface area contributed by atoms with Crippen molar-refractivity contribution in [2.75, 3.05) is 13.2 Å². The van der Waals surface area contributed by atoms with Crippen LogP contribution in [-0.2, 0) is 19.2 Å². The number of carbonyl (C=O) groups is 2. The van der Waals surface area contributed by atoms with Gasteiger partial charge in [-0.05, 0) is 37.5 Å². The molecule has 6 nitrogen and oxygen atoms in total. The van der Waals surface area contributed by atoms with Crippen molar-refractivity contribution >= 4 is 12.3 Å². The Morgan fingerprint density at radius 1 is 0.708 bits per heavy atom. The average molecular weight is 346 g/mol. The molecule has 0 aliphatic heterocycles. The van der Waals surface area contributed by atoms with Crippen LogP contribution >= 0.6 is 0 Å². The molecule has 2 unspecified atom stereocenters. The fraction of sp³-hybridized carbons (Fsp3) is 0.889. The third kappa shape index (κ3) is 14.2. The molecule has 0 bridgehead atoms. The van der Waals surface area contributed by atoms with E-state index in [-0.39, 0.29) is 13.2 Å². The number of hydrogen-bond donors (Lipinski definition) is 0. The van der Waals surface area contributed by atoms with Gasteiger partial charge < -0.3 is 9.47 Å². The predicted molar refractivity (Wildman–Crippen MR) is 91.5 cm³/mol. The van der Waals surface area contributed by atoms with Gasteiger partial charge in [0.15, 0.2) is 0 Å². The lowest BCUT2D eigenvalue weighted by atomic mass is 10.0. The Bertz CT molecular complexity index is 299. The van der Waals surface area contributed by atoms with E-state index in [9.17, 15) is 9.59 Å². The first-order chi connectivity index (χ1) is 11.5.